The standard InChI is InChI=1S/C28H28Cl2N2O3S/c1-34-26-16-21(28(36)32-13-11-20(12-14-32)15-19-5-3-2-4-6-19)7-10-25(26)35-18-27(33)31-22-8-9-23(29)24(30)17-22/h2-10,16-17,20H,11-15,18H2,1H3,(H,31,33). The first-order valence-electron chi connectivity index (χ1n) is 11.8. The number of thiocarbonyl (C=S) groups is 1. The van der Waals surface area contributed by atoms with Crippen molar-refractivity contribution in [3.8, 4) is 11.5 Å². The van der Waals surface area contributed by atoms with E-state index >= 15 is 0 Å². The molecule has 1 saturated heterocycles. The molecule has 1 N–H and O–H groups in total. The third-order valence-corrected chi connectivity index (χ3v) is 7.47. The van der Waals surface area contributed by atoms with Crippen molar-refractivity contribution in [2.45, 2.75) is 19.3 Å². The van der Waals surface area contributed by atoms with Gasteiger partial charge in [0.2, 0.25) is 0 Å². The van der Waals surface area contributed by atoms with E-state index in [2.05, 4.69) is 40.5 Å². The average molecular weight is 544 g/mol. The normalized spacial score (nSPS) is 13.8. The first kappa shape index (κ1) is 26.3. The summed E-state index contributed by atoms with van der Waals surface area (Å²) in [6, 6.07) is 21.1. The van der Waals surface area contributed by atoms with E-state index in [0.717, 1.165) is 42.9 Å². The van der Waals surface area contributed by atoms with Crippen molar-refractivity contribution in [2.75, 3.05) is 32.1 Å². The van der Waals surface area contributed by atoms with Gasteiger partial charge in [0.05, 0.1) is 17.2 Å². The number of amides is 1. The largest absolute Gasteiger partial charge is 0.493 e. The van der Waals surface area contributed by atoms with Gasteiger partial charge in [-0.05, 0) is 67.1 Å². The van der Waals surface area contributed by atoms with Crippen LogP contribution in [0.2, 0.25) is 10.0 Å². The lowest BCUT2D eigenvalue weighted by Crippen LogP contribution is -2.38. The van der Waals surface area contributed by atoms with Crippen molar-refractivity contribution < 1.29 is 14.3 Å². The van der Waals surface area contributed by atoms with Crippen LogP contribution in [0.15, 0.2) is 66.7 Å². The number of ether oxygens (including phenoxy) is 2. The van der Waals surface area contributed by atoms with Crippen LogP contribution in [0.1, 0.15) is 24.0 Å². The Hall–Kier alpha value is -2.80. The molecule has 1 heterocycles. The monoisotopic (exact) mass is 542 g/mol. The lowest BCUT2D eigenvalue weighted by Gasteiger charge is -2.34. The Morgan fingerprint density at radius 3 is 2.44 bits per heavy atom. The van der Waals surface area contributed by atoms with Gasteiger partial charge in [-0.2, -0.15) is 0 Å². The van der Waals surface area contributed by atoms with E-state index in [-0.39, 0.29) is 12.5 Å². The van der Waals surface area contributed by atoms with Gasteiger partial charge in [0.25, 0.3) is 5.91 Å². The molecule has 0 aliphatic carbocycles. The molecule has 0 atom stereocenters. The van der Waals surface area contributed by atoms with Gasteiger partial charge in [-0.25, -0.2) is 0 Å². The van der Waals surface area contributed by atoms with Gasteiger partial charge in [0.1, 0.15) is 4.99 Å². The number of rotatable bonds is 8. The molecule has 0 bridgehead atoms. The van der Waals surface area contributed by atoms with Crippen LogP contribution in [0.3, 0.4) is 0 Å². The van der Waals surface area contributed by atoms with Crippen LogP contribution < -0.4 is 14.8 Å². The molecule has 5 nitrogen and oxygen atoms in total. The number of piperidine rings is 1. The van der Waals surface area contributed by atoms with Crippen molar-refractivity contribution in [3.05, 3.63) is 87.9 Å². The number of hydrogen-bond donors (Lipinski definition) is 1. The third-order valence-electron chi connectivity index (χ3n) is 6.24. The summed E-state index contributed by atoms with van der Waals surface area (Å²) in [7, 11) is 1.57. The molecule has 1 aliphatic rings. The Morgan fingerprint density at radius 1 is 1.00 bits per heavy atom. The van der Waals surface area contributed by atoms with E-state index in [4.69, 9.17) is 44.9 Å². The number of hydrogen-bond acceptors (Lipinski definition) is 4. The van der Waals surface area contributed by atoms with Crippen LogP contribution >= 0.6 is 35.4 Å². The zero-order valence-electron chi connectivity index (χ0n) is 20.0. The number of halogens is 2. The van der Waals surface area contributed by atoms with Crippen LogP contribution in [0.5, 0.6) is 11.5 Å². The zero-order valence-corrected chi connectivity index (χ0v) is 22.3. The Kier molecular flexibility index (Phi) is 9.08. The average Bonchev–Trinajstić information content (AvgIpc) is 2.90. The Labute approximate surface area is 227 Å². The number of nitrogens with zero attached hydrogens (tertiary/aromatic N) is 1. The lowest BCUT2D eigenvalue weighted by atomic mass is 9.90. The van der Waals surface area contributed by atoms with Gasteiger partial charge >= 0.3 is 0 Å². The van der Waals surface area contributed by atoms with Crippen LogP contribution in [0, 0.1) is 5.92 Å². The Morgan fingerprint density at radius 2 is 1.75 bits per heavy atom. The second kappa shape index (κ2) is 12.4. The van der Waals surface area contributed by atoms with Gasteiger partial charge in [-0.3, -0.25) is 4.79 Å². The quantitative estimate of drug-likeness (QED) is 0.323. The summed E-state index contributed by atoms with van der Waals surface area (Å²) in [5, 5.41) is 3.52. The van der Waals surface area contributed by atoms with Crippen LogP contribution in [-0.2, 0) is 11.2 Å². The summed E-state index contributed by atoms with van der Waals surface area (Å²) in [4.78, 5) is 15.4. The topological polar surface area (TPSA) is 50.8 Å². The van der Waals surface area contributed by atoms with Crippen LogP contribution in [-0.4, -0.2) is 42.6 Å². The molecule has 1 fully saturated rings. The summed E-state index contributed by atoms with van der Waals surface area (Å²) < 4.78 is 11.2. The number of carbonyl (C=O) groups excluding carboxylic acids is 1. The zero-order chi connectivity index (χ0) is 25.5. The summed E-state index contributed by atoms with van der Waals surface area (Å²) in [5.74, 6) is 1.34. The fourth-order valence-corrected chi connectivity index (χ4v) is 4.91. The molecule has 1 amide bonds. The maximum absolute atomic E-state index is 12.3. The van der Waals surface area contributed by atoms with E-state index in [1.54, 1.807) is 31.4 Å². The molecule has 0 radical (unpaired) electrons. The summed E-state index contributed by atoms with van der Waals surface area (Å²) in [6.45, 7) is 1.69. The summed E-state index contributed by atoms with van der Waals surface area (Å²) in [6.07, 6.45) is 3.34. The molecule has 0 spiro atoms. The minimum atomic E-state index is -0.326. The number of benzene rings is 3. The molecule has 3 aromatic rings. The Bertz CT molecular complexity index is 1210. The van der Waals surface area contributed by atoms with E-state index < -0.39 is 0 Å². The summed E-state index contributed by atoms with van der Waals surface area (Å²) >= 11 is 17.7. The summed E-state index contributed by atoms with van der Waals surface area (Å²) in [5.41, 5.74) is 2.83. The smallest absolute Gasteiger partial charge is 0.262 e. The van der Waals surface area contributed by atoms with Crippen LogP contribution in [0.4, 0.5) is 5.69 Å². The maximum atomic E-state index is 12.3. The highest BCUT2D eigenvalue weighted by Gasteiger charge is 2.22. The highest BCUT2D eigenvalue weighted by atomic mass is 35.5. The van der Waals surface area contributed by atoms with Crippen molar-refractivity contribution in [2.24, 2.45) is 5.92 Å². The fourth-order valence-electron chi connectivity index (χ4n) is 4.30. The van der Waals surface area contributed by atoms with E-state index in [9.17, 15) is 4.79 Å². The molecule has 188 valence electrons. The van der Waals surface area contributed by atoms with E-state index in [1.165, 1.54) is 5.56 Å². The lowest BCUT2D eigenvalue weighted by molar-refractivity contribution is -0.118. The third kappa shape index (κ3) is 6.90. The van der Waals surface area contributed by atoms with Gasteiger partial charge in [-0.15, -0.1) is 0 Å². The maximum Gasteiger partial charge on any atom is 0.262 e. The van der Waals surface area contributed by atoms with Crippen molar-refractivity contribution in [1.82, 2.24) is 4.90 Å². The van der Waals surface area contributed by atoms with Crippen molar-refractivity contribution in [1.29, 1.82) is 0 Å². The molecular weight excluding hydrogens is 515 g/mol. The molecule has 4 rings (SSSR count). The highest BCUT2D eigenvalue weighted by molar-refractivity contribution is 7.80. The molecule has 0 aromatic heterocycles. The van der Waals surface area contributed by atoms with Crippen molar-refractivity contribution in [3.63, 3.8) is 0 Å². The first-order valence-corrected chi connectivity index (χ1v) is 13.0. The number of anilines is 1. The van der Waals surface area contributed by atoms with Crippen molar-refractivity contribution >= 4 is 52.0 Å². The van der Waals surface area contributed by atoms with Gasteiger partial charge < -0.3 is 19.7 Å². The first-order chi connectivity index (χ1) is 17.4. The predicted octanol–water partition coefficient (Wildman–Crippen LogP) is 6.65. The number of likely N-dealkylation sites (tertiary alicyclic amines) is 1. The SMILES string of the molecule is COc1cc(C(=S)N2CCC(Cc3ccccc3)CC2)ccc1OCC(=O)Nc1ccc(Cl)c(Cl)c1. The predicted molar refractivity (Wildman–Crippen MR) is 150 cm³/mol. The highest BCUT2D eigenvalue weighted by Crippen LogP contribution is 2.30. The Balaban J connectivity index is 1.31. The molecule has 1 aliphatic heterocycles. The molecule has 8 heteroatoms. The number of methoxy groups -OCH3 is 1. The second-order valence-corrected chi connectivity index (χ2v) is 9.96. The van der Waals surface area contributed by atoms with E-state index in [0.29, 0.717) is 33.1 Å². The molecule has 36 heavy (non-hydrogen) atoms. The minimum absolute atomic E-state index is 0.185. The van der Waals surface area contributed by atoms with Gasteiger partial charge in [0, 0.05) is 24.3 Å². The molecular formula is C28H28Cl2N2O3S. The van der Waals surface area contributed by atoms with Gasteiger partial charge in [0.15, 0.2) is 18.1 Å². The number of carbonyl (C=O) groups is 1. The second-order valence-electron chi connectivity index (χ2n) is 8.76. The number of nitrogens with one attached hydrogen (secondary N) is 1. The fraction of sp³-hybridized carbons (Fsp3) is 0.286. The van der Waals surface area contributed by atoms with E-state index in [1.807, 2.05) is 12.1 Å². The molecule has 3 aromatic carbocycles. The minimum Gasteiger partial charge on any atom is -0.493 e. The van der Waals surface area contributed by atoms with Gasteiger partial charge in [-0.1, -0.05) is 65.8 Å². The molecule has 0 unspecified atom stereocenters. The molecule has 0 saturated carbocycles. The van der Waals surface area contributed by atoms with Crippen LogP contribution in [0.25, 0.3) is 0 Å².